The zero-order valence-corrected chi connectivity index (χ0v) is 10.3. The van der Waals surface area contributed by atoms with Gasteiger partial charge in [-0.25, -0.2) is 0 Å². The van der Waals surface area contributed by atoms with Crippen molar-refractivity contribution in [3.63, 3.8) is 0 Å². The molecule has 0 fully saturated rings. The Kier molecular flexibility index (Phi) is 11.5. The van der Waals surface area contributed by atoms with Crippen LogP contribution in [0.25, 0.3) is 0 Å². The fraction of sp³-hybridized carbons (Fsp3) is 1.00. The van der Waals surface area contributed by atoms with E-state index >= 15 is 0 Å². The van der Waals surface area contributed by atoms with Gasteiger partial charge in [-0.2, -0.15) is 12.6 Å². The van der Waals surface area contributed by atoms with Crippen LogP contribution in [0.5, 0.6) is 0 Å². The van der Waals surface area contributed by atoms with Crippen molar-refractivity contribution in [1.82, 2.24) is 4.90 Å². The molecule has 14 heavy (non-hydrogen) atoms. The van der Waals surface area contributed by atoms with E-state index in [9.17, 15) is 0 Å². The second-order valence-corrected chi connectivity index (χ2v) is 3.71. The Morgan fingerprint density at radius 2 is 1.50 bits per heavy atom. The van der Waals surface area contributed by atoms with Gasteiger partial charge in [-0.15, -0.1) is 0 Å². The van der Waals surface area contributed by atoms with Crippen LogP contribution in [0, 0.1) is 0 Å². The van der Waals surface area contributed by atoms with Gasteiger partial charge < -0.3 is 9.47 Å². The number of methoxy groups -OCH3 is 2. The van der Waals surface area contributed by atoms with Gasteiger partial charge in [-0.1, -0.05) is 0 Å². The van der Waals surface area contributed by atoms with Crippen LogP contribution < -0.4 is 0 Å². The molecule has 0 saturated heterocycles. The molecular formula is C10H23NO2S. The zero-order valence-electron chi connectivity index (χ0n) is 9.37. The molecule has 0 radical (unpaired) electrons. The Hall–Kier alpha value is 0.230. The quantitative estimate of drug-likeness (QED) is 0.444. The van der Waals surface area contributed by atoms with Gasteiger partial charge in [0.25, 0.3) is 0 Å². The number of unbranched alkanes of at least 4 members (excludes halogenated alkanes) is 1. The predicted molar refractivity (Wildman–Crippen MR) is 63.3 cm³/mol. The van der Waals surface area contributed by atoms with Crippen LogP contribution >= 0.6 is 12.6 Å². The molecule has 4 heteroatoms. The SMILES string of the molecule is COCCN(CCCCS)CCOC. The summed E-state index contributed by atoms with van der Waals surface area (Å²) in [6.45, 7) is 4.70. The van der Waals surface area contributed by atoms with E-state index in [1.807, 2.05) is 0 Å². The fourth-order valence-corrected chi connectivity index (χ4v) is 1.45. The van der Waals surface area contributed by atoms with E-state index in [0.717, 1.165) is 38.6 Å². The lowest BCUT2D eigenvalue weighted by Gasteiger charge is -2.21. The maximum absolute atomic E-state index is 5.06. The van der Waals surface area contributed by atoms with Gasteiger partial charge >= 0.3 is 0 Å². The third kappa shape index (κ3) is 8.81. The van der Waals surface area contributed by atoms with E-state index in [1.54, 1.807) is 14.2 Å². The van der Waals surface area contributed by atoms with Gasteiger partial charge in [0.2, 0.25) is 0 Å². The topological polar surface area (TPSA) is 21.7 Å². The van der Waals surface area contributed by atoms with Crippen LogP contribution in [0.3, 0.4) is 0 Å². The Labute approximate surface area is 93.2 Å². The summed E-state index contributed by atoms with van der Waals surface area (Å²) in [4.78, 5) is 2.37. The molecule has 0 amide bonds. The maximum Gasteiger partial charge on any atom is 0.0589 e. The molecule has 0 aromatic heterocycles. The maximum atomic E-state index is 5.06. The minimum absolute atomic E-state index is 0.796. The summed E-state index contributed by atoms with van der Waals surface area (Å²) in [7, 11) is 3.48. The second kappa shape index (κ2) is 11.3. The molecule has 0 saturated carbocycles. The average Bonchev–Trinajstić information content (AvgIpc) is 2.21. The van der Waals surface area contributed by atoms with Gasteiger partial charge in [0.05, 0.1) is 13.2 Å². The highest BCUT2D eigenvalue weighted by Crippen LogP contribution is 1.97. The van der Waals surface area contributed by atoms with E-state index in [0.29, 0.717) is 0 Å². The smallest absolute Gasteiger partial charge is 0.0589 e. The molecule has 0 spiro atoms. The van der Waals surface area contributed by atoms with Crippen molar-refractivity contribution in [2.24, 2.45) is 0 Å². The molecule has 0 aliphatic rings. The first kappa shape index (κ1) is 14.2. The highest BCUT2D eigenvalue weighted by molar-refractivity contribution is 7.80. The molecule has 0 aromatic carbocycles. The van der Waals surface area contributed by atoms with Gasteiger partial charge in [0, 0.05) is 27.3 Å². The van der Waals surface area contributed by atoms with Crippen molar-refractivity contribution >= 4 is 12.6 Å². The van der Waals surface area contributed by atoms with Crippen molar-refractivity contribution < 1.29 is 9.47 Å². The number of hydrogen-bond donors (Lipinski definition) is 1. The normalized spacial score (nSPS) is 11.1. The lowest BCUT2D eigenvalue weighted by atomic mass is 10.3. The fourth-order valence-electron chi connectivity index (χ4n) is 1.22. The molecule has 3 nitrogen and oxygen atoms in total. The molecule has 0 N–H and O–H groups in total. The third-order valence-corrected chi connectivity index (χ3v) is 2.42. The van der Waals surface area contributed by atoms with E-state index in [4.69, 9.17) is 9.47 Å². The molecule has 0 bridgehead atoms. The molecule has 0 aromatic rings. The van der Waals surface area contributed by atoms with Crippen LogP contribution in [0.1, 0.15) is 12.8 Å². The summed E-state index contributed by atoms with van der Waals surface area (Å²) < 4.78 is 10.1. The molecule has 0 rings (SSSR count). The minimum Gasteiger partial charge on any atom is -0.383 e. The predicted octanol–water partition coefficient (Wildman–Crippen LogP) is 1.29. The van der Waals surface area contributed by atoms with Crippen LogP contribution in [-0.4, -0.2) is 57.7 Å². The first-order chi connectivity index (χ1) is 6.85. The van der Waals surface area contributed by atoms with Crippen LogP contribution in [0.4, 0.5) is 0 Å². The highest BCUT2D eigenvalue weighted by atomic mass is 32.1. The number of ether oxygens (including phenoxy) is 2. The molecule has 0 heterocycles. The molecule has 86 valence electrons. The Morgan fingerprint density at radius 1 is 0.929 bits per heavy atom. The molecule has 0 aliphatic carbocycles. The standard InChI is InChI=1S/C10H23NO2S/c1-12-8-6-11(7-9-13-2)5-3-4-10-14/h14H,3-10H2,1-2H3. The van der Waals surface area contributed by atoms with Crippen LogP contribution in [0.2, 0.25) is 0 Å². The van der Waals surface area contributed by atoms with Crippen LogP contribution in [-0.2, 0) is 9.47 Å². The molecule has 0 atom stereocenters. The molecule has 0 unspecified atom stereocenters. The van der Waals surface area contributed by atoms with Crippen LogP contribution in [0.15, 0.2) is 0 Å². The molecule has 0 aliphatic heterocycles. The largest absolute Gasteiger partial charge is 0.383 e. The number of nitrogens with zero attached hydrogens (tertiary/aromatic N) is 1. The summed E-state index contributed by atoms with van der Waals surface area (Å²) in [5.74, 6) is 0.975. The Balaban J connectivity index is 3.49. The summed E-state index contributed by atoms with van der Waals surface area (Å²) in [6.07, 6.45) is 2.39. The summed E-state index contributed by atoms with van der Waals surface area (Å²) in [5, 5.41) is 0. The Bertz CT molecular complexity index is 106. The van der Waals surface area contributed by atoms with Gasteiger partial charge in [-0.3, -0.25) is 4.90 Å². The van der Waals surface area contributed by atoms with Crippen molar-refractivity contribution in [3.05, 3.63) is 0 Å². The number of rotatable bonds is 10. The lowest BCUT2D eigenvalue weighted by Crippen LogP contribution is -2.31. The van der Waals surface area contributed by atoms with Crippen molar-refractivity contribution in [2.45, 2.75) is 12.8 Å². The van der Waals surface area contributed by atoms with E-state index < -0.39 is 0 Å². The van der Waals surface area contributed by atoms with Gasteiger partial charge in [-0.05, 0) is 25.1 Å². The van der Waals surface area contributed by atoms with E-state index in [1.165, 1.54) is 12.8 Å². The first-order valence-corrected chi connectivity index (χ1v) is 5.79. The second-order valence-electron chi connectivity index (χ2n) is 3.26. The van der Waals surface area contributed by atoms with Crippen molar-refractivity contribution in [3.8, 4) is 0 Å². The summed E-state index contributed by atoms with van der Waals surface area (Å²) in [6, 6.07) is 0. The van der Waals surface area contributed by atoms with Crippen molar-refractivity contribution in [1.29, 1.82) is 0 Å². The van der Waals surface area contributed by atoms with Crippen molar-refractivity contribution in [2.75, 3.05) is 52.8 Å². The van der Waals surface area contributed by atoms with Gasteiger partial charge in [0.1, 0.15) is 0 Å². The monoisotopic (exact) mass is 221 g/mol. The summed E-state index contributed by atoms with van der Waals surface area (Å²) >= 11 is 4.20. The number of thiol groups is 1. The zero-order chi connectivity index (χ0) is 10.6. The highest BCUT2D eigenvalue weighted by Gasteiger charge is 2.03. The first-order valence-electron chi connectivity index (χ1n) is 5.16. The van der Waals surface area contributed by atoms with E-state index in [2.05, 4.69) is 17.5 Å². The summed E-state index contributed by atoms with van der Waals surface area (Å²) in [5.41, 5.74) is 0. The van der Waals surface area contributed by atoms with Gasteiger partial charge in [0.15, 0.2) is 0 Å². The lowest BCUT2D eigenvalue weighted by molar-refractivity contribution is 0.113. The minimum atomic E-state index is 0.796. The average molecular weight is 221 g/mol. The van der Waals surface area contributed by atoms with E-state index in [-0.39, 0.29) is 0 Å². The Morgan fingerprint density at radius 3 is 1.93 bits per heavy atom. The molecular weight excluding hydrogens is 198 g/mol. The third-order valence-electron chi connectivity index (χ3n) is 2.11. The number of hydrogen-bond acceptors (Lipinski definition) is 4.